The van der Waals surface area contributed by atoms with E-state index in [0.717, 1.165) is 11.4 Å². The van der Waals surface area contributed by atoms with E-state index in [0.29, 0.717) is 0 Å². The van der Waals surface area contributed by atoms with Crippen molar-refractivity contribution >= 4 is 32.7 Å². The summed E-state index contributed by atoms with van der Waals surface area (Å²) < 4.78 is 4.87. The zero-order valence-corrected chi connectivity index (χ0v) is 27.6. The molecule has 1 aliphatic rings. The average molecular weight is 627 g/mol. The van der Waals surface area contributed by atoms with Crippen molar-refractivity contribution in [1.82, 2.24) is 9.13 Å². The molecule has 9 aromatic rings. The molecule has 0 N–H and O–H groups in total. The number of hydrogen-bond acceptors (Lipinski definition) is 0. The second-order valence-corrected chi connectivity index (χ2v) is 13.8. The molecule has 0 fully saturated rings. The van der Waals surface area contributed by atoms with Crippen molar-refractivity contribution in [3.8, 4) is 44.9 Å². The third kappa shape index (κ3) is 4.07. The van der Waals surface area contributed by atoms with Crippen molar-refractivity contribution < 1.29 is 0 Å². The molecule has 0 spiro atoms. The molecule has 0 aliphatic heterocycles. The zero-order valence-electron chi connectivity index (χ0n) is 27.6. The first-order valence-electron chi connectivity index (χ1n) is 17.1. The van der Waals surface area contributed by atoms with Gasteiger partial charge < -0.3 is 9.13 Å². The van der Waals surface area contributed by atoms with E-state index in [1.165, 1.54) is 77.3 Å². The van der Waals surface area contributed by atoms with Gasteiger partial charge in [0.05, 0.1) is 22.2 Å². The van der Waals surface area contributed by atoms with Crippen LogP contribution in [0.25, 0.3) is 77.6 Å². The summed E-state index contributed by atoms with van der Waals surface area (Å²) in [5.74, 6) is 0. The summed E-state index contributed by atoms with van der Waals surface area (Å²) in [6.07, 6.45) is 0. The molecule has 232 valence electrons. The van der Waals surface area contributed by atoms with Gasteiger partial charge in [0.2, 0.25) is 0 Å². The van der Waals surface area contributed by atoms with Gasteiger partial charge in [0, 0.05) is 32.9 Å². The van der Waals surface area contributed by atoms with Gasteiger partial charge in [0.15, 0.2) is 0 Å². The number of nitrogens with zero attached hydrogens (tertiary/aromatic N) is 2. The molecule has 7 aromatic carbocycles. The molecule has 0 atom stereocenters. The van der Waals surface area contributed by atoms with Crippen LogP contribution in [0.1, 0.15) is 25.0 Å². The van der Waals surface area contributed by atoms with E-state index in [1.54, 1.807) is 0 Å². The molecular weight excluding hydrogens is 593 g/mol. The Labute approximate surface area is 286 Å². The van der Waals surface area contributed by atoms with E-state index < -0.39 is 0 Å². The number of hydrogen-bond donors (Lipinski definition) is 0. The van der Waals surface area contributed by atoms with Crippen LogP contribution in [0.3, 0.4) is 0 Å². The van der Waals surface area contributed by atoms with E-state index in [-0.39, 0.29) is 5.41 Å². The number of rotatable bonds is 4. The molecule has 49 heavy (non-hydrogen) atoms. The quantitative estimate of drug-likeness (QED) is 0.184. The molecule has 0 unspecified atom stereocenters. The monoisotopic (exact) mass is 626 g/mol. The standard InChI is InChI=1S/C47H34N2/c1-47(2)41-19-11-9-17-36(41)37-26-23-33(29-42(37)47)31-21-24-35(25-22-31)49-43-20-12-10-18-38(43)39-27-28-44-40(46(39)49)30-45(32-13-5-3-6-14-32)48(44)34-15-7-4-8-16-34/h3-30H,1-2H3. The lowest BCUT2D eigenvalue weighted by Gasteiger charge is -2.22. The highest BCUT2D eigenvalue weighted by Gasteiger charge is 2.35. The molecule has 2 aromatic heterocycles. The van der Waals surface area contributed by atoms with Crippen molar-refractivity contribution in [1.29, 1.82) is 0 Å². The summed E-state index contributed by atoms with van der Waals surface area (Å²) in [7, 11) is 0. The minimum Gasteiger partial charge on any atom is -0.309 e. The fraction of sp³-hybridized carbons (Fsp3) is 0.0638. The van der Waals surface area contributed by atoms with Crippen molar-refractivity contribution in [2.24, 2.45) is 0 Å². The molecule has 0 radical (unpaired) electrons. The van der Waals surface area contributed by atoms with Crippen LogP contribution in [0.4, 0.5) is 0 Å². The Morgan fingerprint density at radius 2 is 1.02 bits per heavy atom. The van der Waals surface area contributed by atoms with E-state index in [4.69, 9.17) is 0 Å². The summed E-state index contributed by atoms with van der Waals surface area (Å²) in [6, 6.07) is 62.3. The van der Waals surface area contributed by atoms with Crippen LogP contribution in [-0.4, -0.2) is 9.13 Å². The maximum atomic E-state index is 2.46. The van der Waals surface area contributed by atoms with E-state index in [9.17, 15) is 0 Å². The Morgan fingerprint density at radius 3 is 1.84 bits per heavy atom. The normalized spacial score (nSPS) is 13.3. The SMILES string of the molecule is CC1(C)c2ccccc2-c2ccc(-c3ccc(-n4c5ccccc5c5ccc6c(cc(-c7ccccc7)n6-c6ccccc6)c54)cc3)cc21. The zero-order chi connectivity index (χ0) is 32.7. The average Bonchev–Trinajstić information content (AvgIpc) is 3.79. The Balaban J connectivity index is 1.17. The van der Waals surface area contributed by atoms with Gasteiger partial charge in [-0.1, -0.05) is 135 Å². The summed E-state index contributed by atoms with van der Waals surface area (Å²) in [6.45, 7) is 4.70. The van der Waals surface area contributed by atoms with Gasteiger partial charge in [-0.25, -0.2) is 0 Å². The first kappa shape index (κ1) is 27.9. The van der Waals surface area contributed by atoms with Gasteiger partial charge in [-0.2, -0.15) is 0 Å². The van der Waals surface area contributed by atoms with Crippen LogP contribution in [0.2, 0.25) is 0 Å². The highest BCUT2D eigenvalue weighted by Crippen LogP contribution is 2.49. The molecule has 1 aliphatic carbocycles. The lowest BCUT2D eigenvalue weighted by atomic mass is 9.81. The molecule has 0 saturated heterocycles. The topological polar surface area (TPSA) is 9.86 Å². The van der Waals surface area contributed by atoms with Gasteiger partial charge in [0.1, 0.15) is 0 Å². The smallest absolute Gasteiger partial charge is 0.0635 e. The third-order valence-corrected chi connectivity index (χ3v) is 10.7. The second kappa shape index (κ2) is 10.4. The molecule has 0 saturated carbocycles. The molecule has 0 amide bonds. The minimum absolute atomic E-state index is 0.0228. The van der Waals surface area contributed by atoms with E-state index in [2.05, 4.69) is 193 Å². The summed E-state index contributed by atoms with van der Waals surface area (Å²) in [4.78, 5) is 0. The summed E-state index contributed by atoms with van der Waals surface area (Å²) in [5.41, 5.74) is 16.3. The summed E-state index contributed by atoms with van der Waals surface area (Å²) >= 11 is 0. The van der Waals surface area contributed by atoms with Gasteiger partial charge >= 0.3 is 0 Å². The second-order valence-electron chi connectivity index (χ2n) is 13.8. The number of benzene rings is 7. The number of para-hydroxylation sites is 2. The first-order valence-corrected chi connectivity index (χ1v) is 17.1. The lowest BCUT2D eigenvalue weighted by Crippen LogP contribution is -2.14. The Bertz CT molecular complexity index is 2710. The molecule has 2 heterocycles. The maximum Gasteiger partial charge on any atom is 0.0635 e. The minimum atomic E-state index is -0.0228. The van der Waals surface area contributed by atoms with Gasteiger partial charge in [0.25, 0.3) is 0 Å². The van der Waals surface area contributed by atoms with Crippen LogP contribution < -0.4 is 0 Å². The largest absolute Gasteiger partial charge is 0.309 e. The Hall–Kier alpha value is -6.12. The van der Waals surface area contributed by atoms with E-state index in [1.807, 2.05) is 0 Å². The summed E-state index contributed by atoms with van der Waals surface area (Å²) in [5, 5.41) is 3.76. The molecule has 0 bridgehead atoms. The van der Waals surface area contributed by atoms with Crippen molar-refractivity contribution in [3.63, 3.8) is 0 Å². The van der Waals surface area contributed by atoms with Gasteiger partial charge in [-0.05, 0) is 87.5 Å². The van der Waals surface area contributed by atoms with Crippen LogP contribution >= 0.6 is 0 Å². The number of aromatic nitrogens is 2. The highest BCUT2D eigenvalue weighted by molar-refractivity contribution is 6.19. The molecular formula is C47H34N2. The third-order valence-electron chi connectivity index (χ3n) is 10.7. The lowest BCUT2D eigenvalue weighted by molar-refractivity contribution is 0.660. The highest BCUT2D eigenvalue weighted by atomic mass is 15.0. The van der Waals surface area contributed by atoms with Crippen molar-refractivity contribution in [3.05, 3.63) is 181 Å². The predicted octanol–water partition coefficient (Wildman–Crippen LogP) is 12.4. The van der Waals surface area contributed by atoms with Crippen LogP contribution in [-0.2, 0) is 5.41 Å². The molecule has 2 nitrogen and oxygen atoms in total. The first-order chi connectivity index (χ1) is 24.1. The van der Waals surface area contributed by atoms with Crippen molar-refractivity contribution in [2.45, 2.75) is 19.3 Å². The van der Waals surface area contributed by atoms with Gasteiger partial charge in [-0.15, -0.1) is 0 Å². The predicted molar refractivity (Wildman–Crippen MR) is 206 cm³/mol. The maximum absolute atomic E-state index is 2.46. The van der Waals surface area contributed by atoms with Gasteiger partial charge in [-0.3, -0.25) is 0 Å². The molecule has 2 heteroatoms. The van der Waals surface area contributed by atoms with E-state index >= 15 is 0 Å². The Morgan fingerprint density at radius 1 is 0.388 bits per heavy atom. The van der Waals surface area contributed by atoms with Crippen LogP contribution in [0.15, 0.2) is 170 Å². The fourth-order valence-corrected chi connectivity index (χ4v) is 8.37. The van der Waals surface area contributed by atoms with Crippen molar-refractivity contribution in [2.75, 3.05) is 0 Å². The molecule has 10 rings (SSSR count). The fourth-order valence-electron chi connectivity index (χ4n) is 8.37. The Kier molecular flexibility index (Phi) is 5.95. The van der Waals surface area contributed by atoms with Crippen LogP contribution in [0, 0.1) is 0 Å². The number of fused-ring (bicyclic) bond motifs is 8. The van der Waals surface area contributed by atoms with Crippen LogP contribution in [0.5, 0.6) is 0 Å².